The van der Waals surface area contributed by atoms with Crippen LogP contribution in [0.25, 0.3) is 10.6 Å². The van der Waals surface area contributed by atoms with E-state index in [4.69, 9.17) is 23.2 Å². The molecule has 0 fully saturated rings. The smallest absolute Gasteiger partial charge is 0.226 e. The molecule has 2 aromatic heterocycles. The van der Waals surface area contributed by atoms with E-state index in [-0.39, 0.29) is 18.4 Å². The van der Waals surface area contributed by atoms with Gasteiger partial charge in [0, 0.05) is 23.3 Å². The summed E-state index contributed by atoms with van der Waals surface area (Å²) in [6.45, 7) is 1.90. The fourth-order valence-corrected chi connectivity index (χ4v) is 3.45. The molecule has 1 N–H and O–H groups in total. The van der Waals surface area contributed by atoms with Crippen LogP contribution in [0, 0.1) is 0 Å². The van der Waals surface area contributed by atoms with Gasteiger partial charge in [-0.25, -0.2) is 4.98 Å². The number of carbonyl (C=O) groups is 1. The van der Waals surface area contributed by atoms with Gasteiger partial charge in [-0.15, -0.1) is 11.3 Å². The summed E-state index contributed by atoms with van der Waals surface area (Å²) in [6.07, 6.45) is 3.70. The predicted molar refractivity (Wildman–Crippen MR) is 102 cm³/mol. The molecule has 0 saturated heterocycles. The van der Waals surface area contributed by atoms with Gasteiger partial charge in [0.15, 0.2) is 0 Å². The molecule has 0 radical (unpaired) electrons. The Hall–Kier alpha value is -1.95. The molecule has 3 rings (SSSR count). The number of hydrogen-bond donors (Lipinski definition) is 1. The highest BCUT2D eigenvalue weighted by molar-refractivity contribution is 7.13. The van der Waals surface area contributed by atoms with Crippen molar-refractivity contribution in [3.05, 3.63) is 69.4 Å². The van der Waals surface area contributed by atoms with Gasteiger partial charge >= 0.3 is 0 Å². The lowest BCUT2D eigenvalue weighted by Crippen LogP contribution is -2.28. The SMILES string of the molecule is CC(NC(=O)Cc1csc(-c2cccnc2)n1)c1ccc(Cl)c(Cl)c1. The average molecular weight is 392 g/mol. The maximum absolute atomic E-state index is 12.3. The van der Waals surface area contributed by atoms with Gasteiger partial charge in [-0.1, -0.05) is 29.3 Å². The molecule has 1 amide bonds. The first-order valence-corrected chi connectivity index (χ1v) is 9.25. The van der Waals surface area contributed by atoms with E-state index in [1.165, 1.54) is 11.3 Å². The van der Waals surface area contributed by atoms with Crippen LogP contribution in [-0.2, 0) is 11.2 Å². The highest BCUT2D eigenvalue weighted by Crippen LogP contribution is 2.26. The van der Waals surface area contributed by atoms with Crippen molar-refractivity contribution in [2.75, 3.05) is 0 Å². The molecule has 1 aromatic carbocycles. The Morgan fingerprint density at radius 3 is 2.84 bits per heavy atom. The third-order valence-corrected chi connectivity index (χ3v) is 5.30. The molecular formula is C18H15Cl2N3OS. The van der Waals surface area contributed by atoms with Gasteiger partial charge in [0.1, 0.15) is 5.01 Å². The van der Waals surface area contributed by atoms with E-state index in [0.717, 1.165) is 21.8 Å². The van der Waals surface area contributed by atoms with Crippen LogP contribution in [0.2, 0.25) is 10.0 Å². The van der Waals surface area contributed by atoms with E-state index in [0.29, 0.717) is 10.0 Å². The van der Waals surface area contributed by atoms with Gasteiger partial charge in [-0.05, 0) is 36.8 Å². The second-order valence-electron chi connectivity index (χ2n) is 5.53. The number of carbonyl (C=O) groups excluding carboxylic acids is 1. The summed E-state index contributed by atoms with van der Waals surface area (Å²) in [5.41, 5.74) is 2.59. The number of nitrogens with one attached hydrogen (secondary N) is 1. The zero-order chi connectivity index (χ0) is 17.8. The lowest BCUT2D eigenvalue weighted by atomic mass is 10.1. The minimum absolute atomic E-state index is 0.0957. The van der Waals surface area contributed by atoms with Crippen LogP contribution in [0.1, 0.15) is 24.2 Å². The van der Waals surface area contributed by atoms with Crippen molar-refractivity contribution in [3.8, 4) is 10.6 Å². The Bertz CT molecular complexity index is 883. The van der Waals surface area contributed by atoms with Crippen molar-refractivity contribution >= 4 is 40.4 Å². The minimum atomic E-state index is -0.168. The second kappa shape index (κ2) is 7.95. The largest absolute Gasteiger partial charge is 0.349 e. The van der Waals surface area contributed by atoms with Crippen LogP contribution < -0.4 is 5.32 Å². The molecule has 25 heavy (non-hydrogen) atoms. The number of nitrogens with zero attached hydrogens (tertiary/aromatic N) is 2. The third kappa shape index (κ3) is 4.57. The van der Waals surface area contributed by atoms with Crippen molar-refractivity contribution < 1.29 is 4.79 Å². The van der Waals surface area contributed by atoms with E-state index in [2.05, 4.69) is 15.3 Å². The Kier molecular flexibility index (Phi) is 5.68. The van der Waals surface area contributed by atoms with Gasteiger partial charge < -0.3 is 5.32 Å². The monoisotopic (exact) mass is 391 g/mol. The first-order chi connectivity index (χ1) is 12.0. The van der Waals surface area contributed by atoms with Gasteiger partial charge in [-0.3, -0.25) is 9.78 Å². The number of hydrogen-bond acceptors (Lipinski definition) is 4. The van der Waals surface area contributed by atoms with Gasteiger partial charge in [-0.2, -0.15) is 0 Å². The van der Waals surface area contributed by atoms with Gasteiger partial charge in [0.05, 0.1) is 28.2 Å². The molecular weight excluding hydrogens is 377 g/mol. The fraction of sp³-hybridized carbons (Fsp3) is 0.167. The molecule has 7 heteroatoms. The summed E-state index contributed by atoms with van der Waals surface area (Å²) < 4.78 is 0. The number of rotatable bonds is 5. The average Bonchev–Trinajstić information content (AvgIpc) is 3.06. The van der Waals surface area contributed by atoms with E-state index in [1.807, 2.05) is 30.5 Å². The Morgan fingerprint density at radius 1 is 1.28 bits per heavy atom. The maximum Gasteiger partial charge on any atom is 0.226 e. The highest BCUT2D eigenvalue weighted by atomic mass is 35.5. The topological polar surface area (TPSA) is 54.9 Å². The van der Waals surface area contributed by atoms with Gasteiger partial charge in [0.2, 0.25) is 5.91 Å². The van der Waals surface area contributed by atoms with Crippen LogP contribution in [0.3, 0.4) is 0 Å². The summed E-state index contributed by atoms with van der Waals surface area (Å²) >= 11 is 13.4. The quantitative estimate of drug-likeness (QED) is 0.670. The summed E-state index contributed by atoms with van der Waals surface area (Å²) in [7, 11) is 0. The molecule has 4 nitrogen and oxygen atoms in total. The molecule has 0 aliphatic carbocycles. The molecule has 1 atom stereocenters. The summed E-state index contributed by atoms with van der Waals surface area (Å²) in [4.78, 5) is 20.9. The lowest BCUT2D eigenvalue weighted by Gasteiger charge is -2.14. The van der Waals surface area contributed by atoms with Crippen LogP contribution in [0.15, 0.2) is 48.1 Å². The molecule has 0 aliphatic heterocycles. The highest BCUT2D eigenvalue weighted by Gasteiger charge is 2.13. The zero-order valence-corrected chi connectivity index (χ0v) is 15.7. The molecule has 0 aliphatic rings. The molecule has 2 heterocycles. The Balaban J connectivity index is 1.62. The van der Waals surface area contributed by atoms with Crippen molar-refractivity contribution in [1.29, 1.82) is 0 Å². The van der Waals surface area contributed by atoms with Gasteiger partial charge in [0.25, 0.3) is 0 Å². The standard InChI is InChI=1S/C18H15Cl2N3OS/c1-11(12-4-5-15(19)16(20)7-12)22-17(24)8-14-10-25-18(23-14)13-3-2-6-21-9-13/h2-7,9-11H,8H2,1H3,(H,22,24). The van der Waals surface area contributed by atoms with Crippen molar-refractivity contribution in [2.24, 2.45) is 0 Å². The normalized spacial score (nSPS) is 12.0. The fourth-order valence-electron chi connectivity index (χ4n) is 2.33. The van der Waals surface area contributed by atoms with Crippen molar-refractivity contribution in [1.82, 2.24) is 15.3 Å². The Morgan fingerprint density at radius 2 is 2.12 bits per heavy atom. The lowest BCUT2D eigenvalue weighted by molar-refractivity contribution is -0.121. The number of thiazole rings is 1. The third-order valence-electron chi connectivity index (χ3n) is 3.62. The Labute approximate surface area is 159 Å². The summed E-state index contributed by atoms with van der Waals surface area (Å²) in [5.74, 6) is -0.0957. The van der Waals surface area contributed by atoms with E-state index >= 15 is 0 Å². The predicted octanol–water partition coefficient (Wildman–Crippen LogP) is 4.93. The summed E-state index contributed by atoms with van der Waals surface area (Å²) in [6, 6.07) is 8.98. The second-order valence-corrected chi connectivity index (χ2v) is 7.20. The minimum Gasteiger partial charge on any atom is -0.349 e. The number of benzene rings is 1. The van der Waals surface area contributed by atoms with Crippen LogP contribution >= 0.6 is 34.5 Å². The van der Waals surface area contributed by atoms with Crippen molar-refractivity contribution in [3.63, 3.8) is 0 Å². The van der Waals surface area contributed by atoms with Crippen LogP contribution in [0.4, 0.5) is 0 Å². The number of pyridine rings is 1. The number of amides is 1. The first kappa shape index (κ1) is 17.9. The zero-order valence-electron chi connectivity index (χ0n) is 13.4. The van der Waals surface area contributed by atoms with Crippen LogP contribution in [-0.4, -0.2) is 15.9 Å². The molecule has 0 bridgehead atoms. The molecule has 128 valence electrons. The molecule has 0 spiro atoms. The molecule has 1 unspecified atom stereocenters. The van der Waals surface area contributed by atoms with E-state index in [9.17, 15) is 4.79 Å². The van der Waals surface area contributed by atoms with Crippen LogP contribution in [0.5, 0.6) is 0 Å². The first-order valence-electron chi connectivity index (χ1n) is 7.62. The molecule has 0 saturated carbocycles. The summed E-state index contributed by atoms with van der Waals surface area (Å²) in [5, 5.41) is 6.67. The van der Waals surface area contributed by atoms with E-state index in [1.54, 1.807) is 24.5 Å². The van der Waals surface area contributed by atoms with Crippen molar-refractivity contribution in [2.45, 2.75) is 19.4 Å². The number of halogens is 2. The van der Waals surface area contributed by atoms with E-state index < -0.39 is 0 Å². The molecule has 3 aromatic rings. The number of aromatic nitrogens is 2. The maximum atomic E-state index is 12.3.